The van der Waals surface area contributed by atoms with E-state index in [1.54, 1.807) is 0 Å². The Morgan fingerprint density at radius 2 is 1.08 bits per heavy atom. The van der Waals surface area contributed by atoms with Crippen molar-refractivity contribution in [1.82, 2.24) is 0 Å². The molecule has 0 atom stereocenters. The van der Waals surface area contributed by atoms with Crippen molar-refractivity contribution in [2.45, 2.75) is 5.92 Å². The Morgan fingerprint density at radius 1 is 0.600 bits per heavy atom. The van der Waals surface area contributed by atoms with E-state index in [9.17, 15) is 0 Å². The predicted molar refractivity (Wildman–Crippen MR) is 109 cm³/mol. The molecule has 0 aromatic heterocycles. The van der Waals surface area contributed by atoms with Crippen LogP contribution in [0.15, 0.2) is 97.1 Å². The Kier molecular flexibility index (Phi) is 4.90. The quantitative estimate of drug-likeness (QED) is 0.452. The maximum atomic E-state index is 6.07. The molecule has 1 heterocycles. The Hall–Kier alpha value is -2.05. The van der Waals surface area contributed by atoms with E-state index in [1.165, 1.54) is 25.6 Å². The first kappa shape index (κ1) is 16.4. The summed E-state index contributed by atoms with van der Waals surface area (Å²) >= 11 is 6.37. The normalized spacial score (nSPS) is 14.8. The molecule has 0 N–H and O–H groups in total. The van der Waals surface area contributed by atoms with Crippen molar-refractivity contribution in [3.05, 3.63) is 119 Å². The molecule has 1 aliphatic heterocycles. The van der Waals surface area contributed by atoms with E-state index in [0.29, 0.717) is 15.0 Å². The summed E-state index contributed by atoms with van der Waals surface area (Å²) in [4.78, 5) is 0. The maximum absolute atomic E-state index is 6.07. The van der Waals surface area contributed by atoms with E-state index in [2.05, 4.69) is 84.9 Å². The zero-order valence-electron chi connectivity index (χ0n) is 13.6. The fourth-order valence-electron chi connectivity index (χ4n) is 2.95. The van der Waals surface area contributed by atoms with Gasteiger partial charge in [-0.25, -0.2) is 0 Å². The molecule has 2 heteroatoms. The number of benzene rings is 3. The number of hydrogen-bond acceptors (Lipinski definition) is 0. The molecule has 0 saturated heterocycles. The predicted octanol–water partition coefficient (Wildman–Crippen LogP) is 6.22. The van der Waals surface area contributed by atoms with E-state index in [1.807, 2.05) is 12.1 Å². The molecule has 0 spiro atoms. The van der Waals surface area contributed by atoms with Crippen LogP contribution in [0.2, 0.25) is 5.02 Å². The zero-order chi connectivity index (χ0) is 17.1. The topological polar surface area (TPSA) is 0 Å². The monoisotopic (exact) mass is 408 g/mol. The van der Waals surface area contributed by atoms with Crippen LogP contribution >= 0.6 is 11.6 Å². The van der Waals surface area contributed by atoms with Crippen LogP contribution in [0.3, 0.4) is 0 Å². The van der Waals surface area contributed by atoms with Crippen LogP contribution in [-0.4, -0.2) is 15.0 Å². The average Bonchev–Trinajstić information content (AvgIpc) is 2.69. The molecule has 0 amide bonds. The number of rotatable bonds is 3. The fraction of sp³-hybridized carbons (Fsp3) is 0.0435. The van der Waals surface area contributed by atoms with Gasteiger partial charge in [-0.2, -0.15) is 0 Å². The van der Waals surface area contributed by atoms with Gasteiger partial charge in [-0.15, -0.1) is 0 Å². The molecule has 0 bridgehead atoms. The van der Waals surface area contributed by atoms with Gasteiger partial charge in [0.05, 0.1) is 0 Å². The van der Waals surface area contributed by atoms with Crippen molar-refractivity contribution in [3.63, 3.8) is 0 Å². The van der Waals surface area contributed by atoms with E-state index >= 15 is 0 Å². The van der Waals surface area contributed by atoms with Crippen molar-refractivity contribution in [3.8, 4) is 0 Å². The van der Waals surface area contributed by atoms with Gasteiger partial charge in [0.15, 0.2) is 0 Å². The van der Waals surface area contributed by atoms with Gasteiger partial charge in [0.2, 0.25) is 0 Å². The van der Waals surface area contributed by atoms with Gasteiger partial charge in [-0.1, -0.05) is 0 Å². The Labute approximate surface area is 160 Å². The molecule has 0 aliphatic carbocycles. The van der Waals surface area contributed by atoms with Crippen molar-refractivity contribution < 1.29 is 0 Å². The van der Waals surface area contributed by atoms with Crippen LogP contribution in [0.5, 0.6) is 0 Å². The van der Waals surface area contributed by atoms with Crippen LogP contribution in [0.1, 0.15) is 22.6 Å². The van der Waals surface area contributed by atoms with Gasteiger partial charge in [-0.3, -0.25) is 0 Å². The van der Waals surface area contributed by atoms with Crippen molar-refractivity contribution in [2.24, 2.45) is 0 Å². The Balaban J connectivity index is 1.78. The van der Waals surface area contributed by atoms with Gasteiger partial charge in [0.25, 0.3) is 0 Å². The van der Waals surface area contributed by atoms with E-state index in [-0.39, 0.29) is 5.92 Å². The summed E-state index contributed by atoms with van der Waals surface area (Å²) in [5, 5.41) is 0.781. The zero-order valence-corrected chi connectivity index (χ0v) is 16.1. The molecule has 3 aromatic rings. The molecule has 3 aromatic carbocycles. The standard InChI is InChI=1S/C23H17ClSe/c24-21-13-11-17(12-14-21)20-15-22(18-7-3-1-4-8-18)25-23(16-20)19-9-5-2-6-10-19/h1-16,20H. The second-order valence-corrected chi connectivity index (χ2v) is 8.68. The molecular weight excluding hydrogens is 391 g/mol. The molecule has 0 nitrogen and oxygen atoms in total. The van der Waals surface area contributed by atoms with E-state index < -0.39 is 0 Å². The molecule has 1 aliphatic rings. The molecule has 0 saturated carbocycles. The third-order valence-electron chi connectivity index (χ3n) is 4.25. The molecule has 4 rings (SSSR count). The van der Waals surface area contributed by atoms with Gasteiger partial charge >= 0.3 is 160 Å². The van der Waals surface area contributed by atoms with Crippen LogP contribution in [0.4, 0.5) is 0 Å². The Morgan fingerprint density at radius 3 is 1.56 bits per heavy atom. The van der Waals surface area contributed by atoms with Crippen LogP contribution in [0, 0.1) is 0 Å². The summed E-state index contributed by atoms with van der Waals surface area (Å²) in [5.41, 5.74) is 3.92. The number of allylic oxidation sites excluding steroid dienone is 2. The molecule has 0 radical (unpaired) electrons. The van der Waals surface area contributed by atoms with Crippen LogP contribution in [0.25, 0.3) is 8.94 Å². The summed E-state index contributed by atoms with van der Waals surface area (Å²) in [6.45, 7) is 0. The third kappa shape index (κ3) is 3.80. The van der Waals surface area contributed by atoms with Gasteiger partial charge < -0.3 is 0 Å². The summed E-state index contributed by atoms with van der Waals surface area (Å²) in [6, 6.07) is 29.7. The second-order valence-electron chi connectivity index (χ2n) is 5.97. The van der Waals surface area contributed by atoms with Gasteiger partial charge in [0, 0.05) is 0 Å². The first-order valence-electron chi connectivity index (χ1n) is 8.27. The summed E-state index contributed by atoms with van der Waals surface area (Å²) in [6.07, 6.45) is 4.82. The SMILES string of the molecule is Clc1ccc(C2C=C(c3ccccc3)[Se]C(c3ccccc3)=C2)cc1. The number of hydrogen-bond donors (Lipinski definition) is 0. The summed E-state index contributed by atoms with van der Waals surface area (Å²) in [7, 11) is 0. The first-order valence-corrected chi connectivity index (χ1v) is 10.4. The molecular formula is C23H17ClSe. The van der Waals surface area contributed by atoms with E-state index in [4.69, 9.17) is 11.6 Å². The van der Waals surface area contributed by atoms with E-state index in [0.717, 1.165) is 5.02 Å². The molecule has 0 fully saturated rings. The first-order chi connectivity index (χ1) is 12.3. The molecule has 25 heavy (non-hydrogen) atoms. The summed E-state index contributed by atoms with van der Waals surface area (Å²) < 4.78 is 2.88. The fourth-order valence-corrected chi connectivity index (χ4v) is 5.54. The van der Waals surface area contributed by atoms with Gasteiger partial charge in [0.1, 0.15) is 0 Å². The molecule has 0 unspecified atom stereocenters. The van der Waals surface area contributed by atoms with Crippen molar-refractivity contribution in [1.29, 1.82) is 0 Å². The van der Waals surface area contributed by atoms with Crippen LogP contribution in [-0.2, 0) is 0 Å². The number of halogens is 1. The van der Waals surface area contributed by atoms with Crippen LogP contribution < -0.4 is 0 Å². The summed E-state index contributed by atoms with van der Waals surface area (Å²) in [5.74, 6) is 0.276. The molecule has 122 valence electrons. The minimum atomic E-state index is 0.276. The van der Waals surface area contributed by atoms with Crippen molar-refractivity contribution >= 4 is 35.5 Å². The van der Waals surface area contributed by atoms with Gasteiger partial charge in [-0.05, 0) is 0 Å². The average molecular weight is 408 g/mol. The third-order valence-corrected chi connectivity index (χ3v) is 6.99. The minimum absolute atomic E-state index is 0.276. The second kappa shape index (κ2) is 7.45. The van der Waals surface area contributed by atoms with Crippen molar-refractivity contribution in [2.75, 3.05) is 0 Å². The Bertz CT molecular complexity index is 854.